The van der Waals surface area contributed by atoms with Crippen molar-refractivity contribution in [2.24, 2.45) is 0 Å². The van der Waals surface area contributed by atoms with E-state index in [0.717, 1.165) is 16.9 Å². The van der Waals surface area contributed by atoms with Gasteiger partial charge in [0.2, 0.25) is 0 Å². The van der Waals surface area contributed by atoms with Crippen molar-refractivity contribution in [1.82, 2.24) is 10.3 Å². The first-order valence-electron chi connectivity index (χ1n) is 7.69. The SMILES string of the molecule is C[C@@H](Oc1ccccc1)C(=O)NCc1cncc(-c2ccco2)c1. The zero-order valence-electron chi connectivity index (χ0n) is 13.3. The van der Waals surface area contributed by atoms with Gasteiger partial charge >= 0.3 is 0 Å². The van der Waals surface area contributed by atoms with Crippen LogP contribution in [0, 0.1) is 0 Å². The molecule has 3 aromatic rings. The summed E-state index contributed by atoms with van der Waals surface area (Å²) < 4.78 is 11.0. The van der Waals surface area contributed by atoms with Gasteiger partial charge in [-0.2, -0.15) is 0 Å². The molecule has 0 saturated carbocycles. The molecular weight excluding hydrogens is 304 g/mol. The quantitative estimate of drug-likeness (QED) is 0.755. The number of para-hydroxylation sites is 1. The maximum absolute atomic E-state index is 12.2. The Balaban J connectivity index is 1.57. The molecule has 1 N–H and O–H groups in total. The smallest absolute Gasteiger partial charge is 0.261 e. The first-order chi connectivity index (χ1) is 11.7. The van der Waals surface area contributed by atoms with E-state index in [1.165, 1.54) is 0 Å². The molecule has 5 heteroatoms. The second kappa shape index (κ2) is 7.46. The van der Waals surface area contributed by atoms with Crippen LogP contribution in [0.15, 0.2) is 71.6 Å². The number of pyridine rings is 1. The predicted octanol–water partition coefficient (Wildman–Crippen LogP) is 3.43. The van der Waals surface area contributed by atoms with Crippen LogP contribution in [0.5, 0.6) is 5.75 Å². The molecule has 2 heterocycles. The van der Waals surface area contributed by atoms with E-state index in [4.69, 9.17) is 9.15 Å². The summed E-state index contributed by atoms with van der Waals surface area (Å²) in [7, 11) is 0. The minimum Gasteiger partial charge on any atom is -0.481 e. The van der Waals surface area contributed by atoms with Crippen molar-refractivity contribution in [2.75, 3.05) is 0 Å². The molecule has 1 amide bonds. The van der Waals surface area contributed by atoms with Gasteiger partial charge < -0.3 is 14.5 Å². The number of nitrogens with one attached hydrogen (secondary N) is 1. The summed E-state index contributed by atoms with van der Waals surface area (Å²) >= 11 is 0. The van der Waals surface area contributed by atoms with Crippen molar-refractivity contribution >= 4 is 5.91 Å². The Morgan fingerprint density at radius 1 is 1.21 bits per heavy atom. The highest BCUT2D eigenvalue weighted by Crippen LogP contribution is 2.19. The van der Waals surface area contributed by atoms with Crippen molar-refractivity contribution in [1.29, 1.82) is 0 Å². The Kier molecular flexibility index (Phi) is 4.91. The molecule has 0 spiro atoms. The normalized spacial score (nSPS) is 11.7. The average Bonchev–Trinajstić information content (AvgIpc) is 3.15. The lowest BCUT2D eigenvalue weighted by Crippen LogP contribution is -2.35. The second-order valence-corrected chi connectivity index (χ2v) is 5.35. The Hall–Kier alpha value is -3.08. The van der Waals surface area contributed by atoms with Crippen LogP contribution in [0.4, 0.5) is 0 Å². The topological polar surface area (TPSA) is 64.4 Å². The third-order valence-corrected chi connectivity index (χ3v) is 3.49. The summed E-state index contributed by atoms with van der Waals surface area (Å²) in [5.74, 6) is 1.24. The molecule has 1 aromatic carbocycles. The lowest BCUT2D eigenvalue weighted by molar-refractivity contribution is -0.127. The third-order valence-electron chi connectivity index (χ3n) is 3.49. The summed E-state index contributed by atoms with van der Waals surface area (Å²) in [6.45, 7) is 2.10. The van der Waals surface area contributed by atoms with E-state index in [-0.39, 0.29) is 5.91 Å². The van der Waals surface area contributed by atoms with Crippen LogP contribution >= 0.6 is 0 Å². The van der Waals surface area contributed by atoms with Crippen LogP contribution in [0.3, 0.4) is 0 Å². The molecule has 0 saturated heterocycles. The number of amides is 1. The minimum atomic E-state index is -0.575. The van der Waals surface area contributed by atoms with Crippen LogP contribution in [0.25, 0.3) is 11.3 Å². The van der Waals surface area contributed by atoms with Crippen molar-refractivity contribution in [3.8, 4) is 17.1 Å². The molecule has 0 unspecified atom stereocenters. The van der Waals surface area contributed by atoms with Crippen molar-refractivity contribution < 1.29 is 13.9 Å². The number of ether oxygens (including phenoxy) is 1. The number of aromatic nitrogens is 1. The Morgan fingerprint density at radius 3 is 2.79 bits per heavy atom. The van der Waals surface area contributed by atoms with Crippen LogP contribution in [0.2, 0.25) is 0 Å². The third kappa shape index (κ3) is 4.01. The van der Waals surface area contributed by atoms with Gasteiger partial charge in [-0.1, -0.05) is 18.2 Å². The molecule has 122 valence electrons. The Morgan fingerprint density at radius 2 is 2.04 bits per heavy atom. The van der Waals surface area contributed by atoms with E-state index in [1.807, 2.05) is 48.5 Å². The lowest BCUT2D eigenvalue weighted by Gasteiger charge is -2.14. The van der Waals surface area contributed by atoms with Crippen LogP contribution in [-0.2, 0) is 11.3 Å². The number of carbonyl (C=O) groups is 1. The van der Waals surface area contributed by atoms with Crippen LogP contribution < -0.4 is 10.1 Å². The average molecular weight is 322 g/mol. The zero-order chi connectivity index (χ0) is 16.8. The molecule has 5 nitrogen and oxygen atoms in total. The predicted molar refractivity (Wildman–Crippen MR) is 90.3 cm³/mol. The van der Waals surface area contributed by atoms with Crippen molar-refractivity contribution in [2.45, 2.75) is 19.6 Å². The van der Waals surface area contributed by atoms with Gasteiger partial charge in [0.1, 0.15) is 11.5 Å². The summed E-state index contributed by atoms with van der Waals surface area (Å²) in [6.07, 6.45) is 4.49. The molecule has 0 aliphatic rings. The Labute approximate surface area is 140 Å². The van der Waals surface area contributed by atoms with E-state index in [0.29, 0.717) is 12.3 Å². The molecule has 1 atom stereocenters. The maximum atomic E-state index is 12.2. The van der Waals surface area contributed by atoms with Gasteiger partial charge in [-0.05, 0) is 42.8 Å². The number of hydrogen-bond donors (Lipinski definition) is 1. The summed E-state index contributed by atoms with van der Waals surface area (Å²) in [4.78, 5) is 16.3. The highest BCUT2D eigenvalue weighted by atomic mass is 16.5. The van der Waals surface area contributed by atoms with Crippen molar-refractivity contribution in [3.63, 3.8) is 0 Å². The zero-order valence-corrected chi connectivity index (χ0v) is 13.3. The fraction of sp³-hybridized carbons (Fsp3) is 0.158. The van der Waals surface area contributed by atoms with Gasteiger partial charge in [-0.3, -0.25) is 9.78 Å². The summed E-state index contributed by atoms with van der Waals surface area (Å²) in [5, 5.41) is 2.86. The number of rotatable bonds is 6. The van der Waals surface area contributed by atoms with E-state index < -0.39 is 6.10 Å². The van der Waals surface area contributed by atoms with Crippen LogP contribution in [0.1, 0.15) is 12.5 Å². The van der Waals surface area contributed by atoms with Gasteiger partial charge in [0, 0.05) is 24.5 Å². The number of nitrogens with zero attached hydrogens (tertiary/aromatic N) is 1. The van der Waals surface area contributed by atoms with E-state index in [1.54, 1.807) is 25.6 Å². The van der Waals surface area contributed by atoms with Gasteiger partial charge in [0.05, 0.1) is 6.26 Å². The highest BCUT2D eigenvalue weighted by molar-refractivity contribution is 5.80. The first kappa shape index (κ1) is 15.8. The second-order valence-electron chi connectivity index (χ2n) is 5.35. The fourth-order valence-electron chi connectivity index (χ4n) is 2.25. The Bertz CT molecular complexity index is 785. The first-order valence-corrected chi connectivity index (χ1v) is 7.69. The minimum absolute atomic E-state index is 0.178. The summed E-state index contributed by atoms with van der Waals surface area (Å²) in [5.41, 5.74) is 1.77. The van der Waals surface area contributed by atoms with Gasteiger partial charge in [-0.15, -0.1) is 0 Å². The summed E-state index contributed by atoms with van der Waals surface area (Å²) in [6, 6.07) is 14.9. The van der Waals surface area contributed by atoms with E-state index >= 15 is 0 Å². The molecule has 0 aliphatic carbocycles. The number of carbonyl (C=O) groups excluding carboxylic acids is 1. The van der Waals surface area contributed by atoms with Gasteiger partial charge in [0.25, 0.3) is 5.91 Å². The lowest BCUT2D eigenvalue weighted by atomic mass is 10.1. The van der Waals surface area contributed by atoms with Gasteiger partial charge in [-0.25, -0.2) is 0 Å². The molecule has 24 heavy (non-hydrogen) atoms. The van der Waals surface area contributed by atoms with Crippen LogP contribution in [-0.4, -0.2) is 17.0 Å². The highest BCUT2D eigenvalue weighted by Gasteiger charge is 2.14. The standard InChI is InChI=1S/C19H18N2O3/c1-14(24-17-6-3-2-4-7-17)19(22)21-12-15-10-16(13-20-11-15)18-8-5-9-23-18/h2-11,13-14H,12H2,1H3,(H,21,22)/t14-/m1/s1. The molecule has 0 fully saturated rings. The molecular formula is C19H18N2O3. The number of furan rings is 1. The maximum Gasteiger partial charge on any atom is 0.261 e. The van der Waals surface area contributed by atoms with Gasteiger partial charge in [0.15, 0.2) is 6.10 Å². The van der Waals surface area contributed by atoms with Crippen molar-refractivity contribution in [3.05, 3.63) is 72.8 Å². The monoisotopic (exact) mass is 322 g/mol. The van der Waals surface area contributed by atoms with E-state index in [9.17, 15) is 4.79 Å². The molecule has 3 rings (SSSR count). The largest absolute Gasteiger partial charge is 0.481 e. The number of hydrogen-bond acceptors (Lipinski definition) is 4. The number of benzene rings is 1. The molecule has 0 radical (unpaired) electrons. The van der Waals surface area contributed by atoms with E-state index in [2.05, 4.69) is 10.3 Å². The molecule has 0 aliphatic heterocycles. The fourth-order valence-corrected chi connectivity index (χ4v) is 2.25. The molecule has 2 aromatic heterocycles. The molecule has 0 bridgehead atoms.